The van der Waals surface area contributed by atoms with Crippen molar-refractivity contribution in [2.75, 3.05) is 12.4 Å². The molecule has 2 aromatic carbocycles. The van der Waals surface area contributed by atoms with Crippen molar-refractivity contribution >= 4 is 17.1 Å². The number of anilines is 1. The Bertz CT molecular complexity index is 740. The molecule has 0 aliphatic heterocycles. The van der Waals surface area contributed by atoms with Gasteiger partial charge in [0, 0.05) is 7.05 Å². The van der Waals surface area contributed by atoms with Crippen molar-refractivity contribution in [1.29, 1.82) is 0 Å². The zero-order valence-corrected chi connectivity index (χ0v) is 11.6. The van der Waals surface area contributed by atoms with Crippen LogP contribution in [0, 0.1) is 37.7 Å². The summed E-state index contributed by atoms with van der Waals surface area (Å²) in [7, 11) is 1.54. The number of hydrogen-bond acceptors (Lipinski definition) is 5. The van der Waals surface area contributed by atoms with Gasteiger partial charge in [0.25, 0.3) is 5.69 Å². The molecule has 0 aromatic heterocycles. The first kappa shape index (κ1) is 17.9. The Labute approximate surface area is 127 Å². The molecule has 0 fully saturated rings. The van der Waals surface area contributed by atoms with E-state index in [0.717, 1.165) is 12.1 Å². The van der Waals surface area contributed by atoms with Crippen LogP contribution in [0.25, 0.3) is 0 Å². The number of halogens is 3. The van der Waals surface area contributed by atoms with Crippen molar-refractivity contribution in [3.8, 4) is 0 Å². The van der Waals surface area contributed by atoms with Gasteiger partial charge in [-0.1, -0.05) is 0 Å². The first-order valence-corrected chi connectivity index (χ1v) is 5.97. The first-order valence-electron chi connectivity index (χ1n) is 5.97. The van der Waals surface area contributed by atoms with E-state index < -0.39 is 33.0 Å². The standard InChI is InChI=1S/C7H7FN2O2.C6H3F2NO2/c1-9-6-3-2-5(8)4-7(6)10(11)12;7-4-1-2-5(8)6(3-4)9(10)11/h2-4,9H,1H3;1-3H. The molecule has 7 nitrogen and oxygen atoms in total. The van der Waals surface area contributed by atoms with Crippen LogP contribution in [0.4, 0.5) is 30.2 Å². The van der Waals surface area contributed by atoms with Crippen LogP contribution in [-0.2, 0) is 0 Å². The first-order chi connectivity index (χ1) is 10.8. The van der Waals surface area contributed by atoms with Crippen LogP contribution >= 0.6 is 0 Å². The molecule has 0 saturated heterocycles. The molecule has 1 N–H and O–H groups in total. The minimum Gasteiger partial charge on any atom is -0.383 e. The van der Waals surface area contributed by atoms with Crippen LogP contribution in [0.1, 0.15) is 0 Å². The van der Waals surface area contributed by atoms with E-state index in [4.69, 9.17) is 0 Å². The molecule has 2 aromatic rings. The number of nitrogens with one attached hydrogen (secondary N) is 1. The van der Waals surface area contributed by atoms with Gasteiger partial charge < -0.3 is 5.32 Å². The summed E-state index contributed by atoms with van der Waals surface area (Å²) in [6.45, 7) is 0. The quantitative estimate of drug-likeness (QED) is 0.684. The maximum Gasteiger partial charge on any atom is 0.307 e. The number of hydrogen-bond donors (Lipinski definition) is 1. The van der Waals surface area contributed by atoms with Crippen molar-refractivity contribution in [3.63, 3.8) is 0 Å². The van der Waals surface area contributed by atoms with E-state index in [2.05, 4.69) is 5.32 Å². The predicted molar refractivity (Wildman–Crippen MR) is 75.6 cm³/mol. The van der Waals surface area contributed by atoms with E-state index >= 15 is 0 Å². The highest BCUT2D eigenvalue weighted by Gasteiger charge is 2.14. The lowest BCUT2D eigenvalue weighted by Gasteiger charge is -2.00. The maximum absolute atomic E-state index is 12.5. The molecule has 0 radical (unpaired) electrons. The van der Waals surface area contributed by atoms with Gasteiger partial charge in [-0.25, -0.2) is 8.78 Å². The number of nitro groups is 2. The lowest BCUT2D eigenvalue weighted by molar-refractivity contribution is -0.387. The summed E-state index contributed by atoms with van der Waals surface area (Å²) in [6, 6.07) is 5.45. The van der Waals surface area contributed by atoms with Crippen LogP contribution in [0.3, 0.4) is 0 Å². The molecule has 0 saturated carbocycles. The van der Waals surface area contributed by atoms with Crippen molar-refractivity contribution < 1.29 is 23.0 Å². The Morgan fingerprint density at radius 2 is 1.35 bits per heavy atom. The number of benzene rings is 2. The molecular weight excluding hydrogens is 319 g/mol. The SMILES string of the molecule is CNc1ccc(F)cc1[N+](=O)[O-].O=[N+]([O-])c1cc(F)ccc1F. The molecule has 122 valence electrons. The van der Waals surface area contributed by atoms with E-state index in [1.165, 1.54) is 12.1 Å². The molecule has 0 aliphatic carbocycles. The summed E-state index contributed by atoms with van der Waals surface area (Å²) in [5.41, 5.74) is -0.788. The Morgan fingerprint density at radius 3 is 1.78 bits per heavy atom. The van der Waals surface area contributed by atoms with Crippen molar-refractivity contribution in [2.24, 2.45) is 0 Å². The highest BCUT2D eigenvalue weighted by atomic mass is 19.1. The van der Waals surface area contributed by atoms with Gasteiger partial charge in [-0.05, 0) is 24.3 Å². The Hall–Kier alpha value is -3.17. The minimum absolute atomic E-state index is 0.252. The largest absolute Gasteiger partial charge is 0.383 e. The smallest absolute Gasteiger partial charge is 0.307 e. The second-order valence-electron chi connectivity index (χ2n) is 4.02. The zero-order valence-electron chi connectivity index (χ0n) is 11.6. The summed E-state index contributed by atoms with van der Waals surface area (Å²) in [5, 5.41) is 22.9. The molecular formula is C13H10F3N3O4. The highest BCUT2D eigenvalue weighted by molar-refractivity contribution is 5.60. The predicted octanol–water partition coefficient (Wildman–Crippen LogP) is 3.65. The lowest BCUT2D eigenvalue weighted by Crippen LogP contribution is -1.96. The van der Waals surface area contributed by atoms with Crippen LogP contribution < -0.4 is 5.32 Å². The molecule has 10 heteroatoms. The fraction of sp³-hybridized carbons (Fsp3) is 0.0769. The monoisotopic (exact) mass is 329 g/mol. The Kier molecular flexibility index (Phi) is 6.01. The summed E-state index contributed by atoms with van der Waals surface area (Å²) >= 11 is 0. The van der Waals surface area contributed by atoms with Gasteiger partial charge in [-0.3, -0.25) is 20.2 Å². The number of rotatable bonds is 3. The zero-order chi connectivity index (χ0) is 17.6. The third-order valence-electron chi connectivity index (χ3n) is 2.53. The van der Waals surface area contributed by atoms with Gasteiger partial charge in [-0.2, -0.15) is 4.39 Å². The van der Waals surface area contributed by atoms with E-state index in [0.29, 0.717) is 17.8 Å². The summed E-state index contributed by atoms with van der Waals surface area (Å²) in [6.07, 6.45) is 0. The average Bonchev–Trinajstić information content (AvgIpc) is 2.50. The molecule has 0 unspecified atom stereocenters. The molecule has 0 heterocycles. The molecule has 0 bridgehead atoms. The fourth-order valence-corrected chi connectivity index (χ4v) is 1.49. The molecule has 0 aliphatic rings. The second kappa shape index (κ2) is 7.73. The highest BCUT2D eigenvalue weighted by Crippen LogP contribution is 2.23. The number of nitro benzene ring substituents is 2. The van der Waals surface area contributed by atoms with Gasteiger partial charge in [0.1, 0.15) is 17.3 Å². The van der Waals surface area contributed by atoms with Crippen LogP contribution in [0.2, 0.25) is 0 Å². The topological polar surface area (TPSA) is 98.3 Å². The van der Waals surface area contributed by atoms with E-state index in [1.54, 1.807) is 7.05 Å². The molecule has 23 heavy (non-hydrogen) atoms. The van der Waals surface area contributed by atoms with Gasteiger partial charge >= 0.3 is 5.69 Å². The average molecular weight is 329 g/mol. The van der Waals surface area contributed by atoms with Gasteiger partial charge in [0.15, 0.2) is 0 Å². The third kappa shape index (κ3) is 4.95. The fourth-order valence-electron chi connectivity index (χ4n) is 1.49. The molecule has 0 spiro atoms. The van der Waals surface area contributed by atoms with Crippen molar-refractivity contribution in [2.45, 2.75) is 0 Å². The van der Waals surface area contributed by atoms with Gasteiger partial charge in [-0.15, -0.1) is 0 Å². The Balaban J connectivity index is 0.000000231. The maximum atomic E-state index is 12.5. The second-order valence-corrected chi connectivity index (χ2v) is 4.02. The van der Waals surface area contributed by atoms with E-state index in [-0.39, 0.29) is 5.69 Å². The summed E-state index contributed by atoms with van der Waals surface area (Å²) in [4.78, 5) is 18.7. The van der Waals surface area contributed by atoms with E-state index in [1.807, 2.05) is 0 Å². The van der Waals surface area contributed by atoms with E-state index in [9.17, 15) is 33.4 Å². The minimum atomic E-state index is -1.03. The van der Waals surface area contributed by atoms with Gasteiger partial charge in [0.2, 0.25) is 5.82 Å². The lowest BCUT2D eigenvalue weighted by atomic mass is 10.2. The summed E-state index contributed by atoms with van der Waals surface area (Å²) in [5.74, 6) is -2.46. The third-order valence-corrected chi connectivity index (χ3v) is 2.53. The molecule has 0 amide bonds. The van der Waals surface area contributed by atoms with Crippen LogP contribution in [0.15, 0.2) is 36.4 Å². The van der Waals surface area contributed by atoms with Crippen molar-refractivity contribution in [3.05, 3.63) is 74.1 Å². The normalized spacial score (nSPS) is 9.57. The molecule has 2 rings (SSSR count). The van der Waals surface area contributed by atoms with Crippen molar-refractivity contribution in [1.82, 2.24) is 0 Å². The van der Waals surface area contributed by atoms with Crippen LogP contribution in [0.5, 0.6) is 0 Å². The van der Waals surface area contributed by atoms with Gasteiger partial charge in [0.05, 0.1) is 22.0 Å². The Morgan fingerprint density at radius 1 is 0.870 bits per heavy atom. The number of nitrogens with zero attached hydrogens (tertiary/aromatic N) is 2. The van der Waals surface area contributed by atoms with Crippen LogP contribution in [-0.4, -0.2) is 16.9 Å². The molecule has 0 atom stereocenters. The summed E-state index contributed by atoms with van der Waals surface area (Å²) < 4.78 is 37.2.